The molecule has 0 aromatic heterocycles. The number of carboxylic acids is 1. The molecule has 120 valence electrons. The van der Waals surface area contributed by atoms with Crippen LogP contribution in [0.15, 0.2) is 24.3 Å². The molecule has 1 aliphatic heterocycles. The van der Waals surface area contributed by atoms with Gasteiger partial charge in [-0.15, -0.1) is 0 Å². The van der Waals surface area contributed by atoms with Gasteiger partial charge < -0.3 is 29.9 Å². The highest BCUT2D eigenvalue weighted by Gasteiger charge is 2.48. The van der Waals surface area contributed by atoms with Crippen molar-refractivity contribution < 1.29 is 39.5 Å². The summed E-state index contributed by atoms with van der Waals surface area (Å²) >= 11 is 2.05. The van der Waals surface area contributed by atoms with E-state index < -0.39 is 42.6 Å². The van der Waals surface area contributed by atoms with Gasteiger partial charge in [-0.2, -0.15) is 0 Å². The highest BCUT2D eigenvalue weighted by Crippen LogP contribution is 2.23. The lowest BCUT2D eigenvalue weighted by atomic mass is 9.99. The highest BCUT2D eigenvalue weighted by molar-refractivity contribution is 14.1. The molecule has 0 amide bonds. The molecule has 4 N–H and O–H groups in total. The predicted molar refractivity (Wildman–Crippen MR) is 78.9 cm³/mol. The first-order valence-electron chi connectivity index (χ1n) is 6.20. The SMILES string of the molecule is O=C(OC1O[C@H](C(=O)O)[C@@H](O)[C@H](O)[C@H]1O)c1ccc(I)cc1. The Morgan fingerprint density at radius 3 is 2.18 bits per heavy atom. The number of rotatable bonds is 3. The monoisotopic (exact) mass is 424 g/mol. The fraction of sp³-hybridized carbons (Fsp3) is 0.385. The third-order valence-electron chi connectivity index (χ3n) is 3.12. The number of esters is 1. The third kappa shape index (κ3) is 3.55. The van der Waals surface area contributed by atoms with Crippen LogP contribution < -0.4 is 0 Å². The van der Waals surface area contributed by atoms with Crippen LogP contribution in [0.1, 0.15) is 10.4 Å². The van der Waals surface area contributed by atoms with Crippen LogP contribution in [0.25, 0.3) is 0 Å². The summed E-state index contributed by atoms with van der Waals surface area (Å²) in [4.78, 5) is 22.9. The molecule has 0 saturated carbocycles. The Bertz CT molecular complexity index is 560. The quantitative estimate of drug-likeness (QED) is 0.372. The highest BCUT2D eigenvalue weighted by atomic mass is 127. The van der Waals surface area contributed by atoms with E-state index in [9.17, 15) is 24.9 Å². The van der Waals surface area contributed by atoms with Gasteiger partial charge >= 0.3 is 11.9 Å². The summed E-state index contributed by atoms with van der Waals surface area (Å²) in [5, 5.41) is 37.8. The van der Waals surface area contributed by atoms with E-state index in [-0.39, 0.29) is 5.56 Å². The number of aliphatic hydroxyl groups excluding tert-OH is 3. The largest absolute Gasteiger partial charge is 0.479 e. The second-order valence-corrected chi connectivity index (χ2v) is 5.89. The Morgan fingerprint density at radius 2 is 1.64 bits per heavy atom. The maximum Gasteiger partial charge on any atom is 0.340 e. The Balaban J connectivity index is 2.12. The lowest BCUT2D eigenvalue weighted by Gasteiger charge is -2.37. The minimum absolute atomic E-state index is 0.170. The van der Waals surface area contributed by atoms with Crippen LogP contribution in [0.5, 0.6) is 0 Å². The number of aliphatic hydroxyl groups is 3. The van der Waals surface area contributed by atoms with Crippen molar-refractivity contribution >= 4 is 34.5 Å². The van der Waals surface area contributed by atoms with E-state index in [1.165, 1.54) is 12.1 Å². The van der Waals surface area contributed by atoms with Crippen LogP contribution in [-0.2, 0) is 14.3 Å². The number of aliphatic carboxylic acids is 1. The second kappa shape index (κ2) is 6.87. The minimum atomic E-state index is -1.83. The van der Waals surface area contributed by atoms with E-state index in [0.29, 0.717) is 0 Å². The van der Waals surface area contributed by atoms with Gasteiger partial charge in [0.2, 0.25) is 6.29 Å². The lowest BCUT2D eigenvalue weighted by molar-refractivity contribution is -0.278. The number of halogens is 1. The molecule has 0 bridgehead atoms. The van der Waals surface area contributed by atoms with E-state index in [1.54, 1.807) is 12.1 Å². The van der Waals surface area contributed by atoms with Crippen LogP contribution in [0.3, 0.4) is 0 Å². The van der Waals surface area contributed by atoms with E-state index in [0.717, 1.165) is 3.57 Å². The van der Waals surface area contributed by atoms with E-state index in [4.69, 9.17) is 14.6 Å². The molecule has 1 fully saturated rings. The average molecular weight is 424 g/mol. The minimum Gasteiger partial charge on any atom is -0.479 e. The first kappa shape index (κ1) is 17.1. The normalized spacial score (nSPS) is 31.5. The van der Waals surface area contributed by atoms with Gasteiger partial charge in [0.15, 0.2) is 6.10 Å². The van der Waals surface area contributed by atoms with Crippen molar-refractivity contribution in [2.24, 2.45) is 0 Å². The van der Waals surface area contributed by atoms with Crippen molar-refractivity contribution in [1.82, 2.24) is 0 Å². The number of carboxylic acid groups (broad SMARTS) is 1. The van der Waals surface area contributed by atoms with E-state index in [2.05, 4.69) is 22.6 Å². The van der Waals surface area contributed by atoms with Crippen molar-refractivity contribution in [2.75, 3.05) is 0 Å². The smallest absolute Gasteiger partial charge is 0.340 e. The zero-order chi connectivity index (χ0) is 16.4. The molecule has 1 aromatic carbocycles. The fourth-order valence-electron chi connectivity index (χ4n) is 1.91. The standard InChI is InChI=1S/C13H13IO8/c14-6-3-1-5(2-4-6)12(20)22-13-9(17)7(15)8(16)10(21-13)11(18)19/h1-4,7-10,13,15-17H,(H,18,19)/t7-,8-,9+,10-,13?/m0/s1. The van der Waals surface area contributed by atoms with Gasteiger partial charge in [0, 0.05) is 3.57 Å². The molecule has 22 heavy (non-hydrogen) atoms. The van der Waals surface area contributed by atoms with Gasteiger partial charge in [-0.05, 0) is 46.9 Å². The van der Waals surface area contributed by atoms with Crippen LogP contribution in [0, 0.1) is 3.57 Å². The van der Waals surface area contributed by atoms with Crippen LogP contribution >= 0.6 is 22.6 Å². The Morgan fingerprint density at radius 1 is 1.05 bits per heavy atom. The zero-order valence-corrected chi connectivity index (χ0v) is 13.2. The molecular formula is C13H13IO8. The summed E-state index contributed by atoms with van der Waals surface area (Å²) in [5.74, 6) is -2.40. The molecule has 5 atom stereocenters. The predicted octanol–water partition coefficient (Wildman–Crippen LogP) is -0.660. The van der Waals surface area contributed by atoms with Crippen LogP contribution in [0.2, 0.25) is 0 Å². The van der Waals surface area contributed by atoms with Crippen LogP contribution in [0.4, 0.5) is 0 Å². The van der Waals surface area contributed by atoms with Crippen molar-refractivity contribution in [3.63, 3.8) is 0 Å². The zero-order valence-electron chi connectivity index (χ0n) is 11.0. The van der Waals surface area contributed by atoms with Gasteiger partial charge in [0.1, 0.15) is 18.3 Å². The van der Waals surface area contributed by atoms with E-state index >= 15 is 0 Å². The molecule has 0 radical (unpaired) electrons. The summed E-state index contributed by atoms with van der Waals surface area (Å²) in [7, 11) is 0. The van der Waals surface area contributed by atoms with Crippen molar-refractivity contribution in [3.8, 4) is 0 Å². The number of carbonyl (C=O) groups is 2. The maximum absolute atomic E-state index is 11.9. The molecule has 9 heteroatoms. The molecule has 1 heterocycles. The molecule has 0 spiro atoms. The number of hydrogen-bond donors (Lipinski definition) is 4. The van der Waals surface area contributed by atoms with Crippen molar-refractivity contribution in [2.45, 2.75) is 30.7 Å². The molecule has 0 aliphatic carbocycles. The molecule has 2 rings (SSSR count). The first-order chi connectivity index (χ1) is 10.3. The van der Waals surface area contributed by atoms with Gasteiger partial charge in [-0.1, -0.05) is 0 Å². The number of ether oxygens (including phenoxy) is 2. The van der Waals surface area contributed by atoms with Crippen LogP contribution in [-0.4, -0.2) is 63.1 Å². The average Bonchev–Trinajstić information content (AvgIpc) is 2.48. The first-order valence-corrected chi connectivity index (χ1v) is 7.28. The van der Waals surface area contributed by atoms with Gasteiger partial charge in [-0.25, -0.2) is 9.59 Å². The number of carbonyl (C=O) groups excluding carboxylic acids is 1. The Hall–Kier alpha value is -1.27. The van der Waals surface area contributed by atoms with Gasteiger partial charge in [0.25, 0.3) is 0 Å². The van der Waals surface area contributed by atoms with Gasteiger partial charge in [0.05, 0.1) is 5.56 Å². The summed E-state index contributed by atoms with van der Waals surface area (Å²) in [6.45, 7) is 0. The van der Waals surface area contributed by atoms with Crippen molar-refractivity contribution in [3.05, 3.63) is 33.4 Å². The van der Waals surface area contributed by atoms with Gasteiger partial charge in [-0.3, -0.25) is 0 Å². The third-order valence-corrected chi connectivity index (χ3v) is 3.84. The summed E-state index contributed by atoms with van der Waals surface area (Å²) in [5.41, 5.74) is 0.170. The second-order valence-electron chi connectivity index (χ2n) is 4.65. The topological polar surface area (TPSA) is 134 Å². The Kier molecular flexibility index (Phi) is 5.34. The summed E-state index contributed by atoms with van der Waals surface area (Å²) < 4.78 is 10.6. The molecule has 1 saturated heterocycles. The van der Waals surface area contributed by atoms with Crippen molar-refractivity contribution in [1.29, 1.82) is 0 Å². The molecule has 1 aromatic rings. The molecular weight excluding hydrogens is 411 g/mol. The Labute approximate surface area is 138 Å². The molecule has 8 nitrogen and oxygen atoms in total. The fourth-order valence-corrected chi connectivity index (χ4v) is 2.27. The number of benzene rings is 1. The maximum atomic E-state index is 11.9. The molecule has 1 aliphatic rings. The number of hydrogen-bond acceptors (Lipinski definition) is 7. The lowest BCUT2D eigenvalue weighted by Crippen LogP contribution is -2.60. The summed E-state index contributed by atoms with van der Waals surface area (Å²) in [6.07, 6.45) is -8.93. The summed E-state index contributed by atoms with van der Waals surface area (Å²) in [6, 6.07) is 6.29. The van der Waals surface area contributed by atoms with E-state index in [1.807, 2.05) is 0 Å². The molecule has 1 unspecified atom stereocenters.